The summed E-state index contributed by atoms with van der Waals surface area (Å²) in [5.74, 6) is 1.36. The molecule has 28 heavy (non-hydrogen) atoms. The Balaban J connectivity index is 1.55. The molecule has 2 aromatic carbocycles. The fourth-order valence-electron chi connectivity index (χ4n) is 3.20. The van der Waals surface area contributed by atoms with Crippen molar-refractivity contribution in [2.45, 2.75) is 20.1 Å². The monoisotopic (exact) mass is 404 g/mol. The Hall–Kier alpha value is -1.79. The number of nitrogens with one attached hydrogen (secondary N) is 1. The molecule has 0 aliphatic carbocycles. The lowest BCUT2D eigenvalue weighted by atomic mass is 10.1. The SMILES string of the molecule is COc1cc(CNCCN2CCOCC2)c(Cl)cc1OCc1ccccc1C. The first-order valence-electron chi connectivity index (χ1n) is 9.72. The van der Waals surface area contributed by atoms with Crippen LogP contribution in [0.15, 0.2) is 36.4 Å². The van der Waals surface area contributed by atoms with Crippen LogP contribution in [-0.2, 0) is 17.9 Å². The van der Waals surface area contributed by atoms with E-state index in [1.807, 2.05) is 24.3 Å². The summed E-state index contributed by atoms with van der Waals surface area (Å²) in [7, 11) is 1.65. The number of aryl methyl sites for hydroxylation is 1. The molecule has 1 N–H and O–H groups in total. The quantitative estimate of drug-likeness (QED) is 0.646. The molecule has 6 heteroatoms. The third kappa shape index (κ3) is 5.85. The van der Waals surface area contributed by atoms with Crippen molar-refractivity contribution in [3.63, 3.8) is 0 Å². The first-order chi connectivity index (χ1) is 13.7. The van der Waals surface area contributed by atoms with E-state index in [1.165, 1.54) is 5.56 Å². The van der Waals surface area contributed by atoms with Gasteiger partial charge in [-0.3, -0.25) is 4.90 Å². The van der Waals surface area contributed by atoms with Crippen LogP contribution in [0.25, 0.3) is 0 Å². The molecule has 1 saturated heterocycles. The van der Waals surface area contributed by atoms with Crippen molar-refractivity contribution in [2.24, 2.45) is 0 Å². The van der Waals surface area contributed by atoms with Crippen LogP contribution in [0.1, 0.15) is 16.7 Å². The molecule has 0 unspecified atom stereocenters. The fourth-order valence-corrected chi connectivity index (χ4v) is 3.42. The molecule has 0 amide bonds. The Morgan fingerprint density at radius 2 is 1.89 bits per heavy atom. The summed E-state index contributed by atoms with van der Waals surface area (Å²) in [5.41, 5.74) is 3.35. The van der Waals surface area contributed by atoms with E-state index in [1.54, 1.807) is 7.11 Å². The Morgan fingerprint density at radius 3 is 2.64 bits per heavy atom. The zero-order valence-corrected chi connectivity index (χ0v) is 17.4. The predicted octanol–water partition coefficient (Wildman–Crippen LogP) is 3.66. The van der Waals surface area contributed by atoms with E-state index >= 15 is 0 Å². The molecule has 0 radical (unpaired) electrons. The molecule has 0 spiro atoms. The number of nitrogens with zero attached hydrogens (tertiary/aromatic N) is 1. The van der Waals surface area contributed by atoms with E-state index in [4.69, 9.17) is 25.8 Å². The van der Waals surface area contributed by atoms with Gasteiger partial charge in [-0.1, -0.05) is 35.9 Å². The summed E-state index contributed by atoms with van der Waals surface area (Å²) in [6, 6.07) is 12.0. The highest BCUT2D eigenvalue weighted by Crippen LogP contribution is 2.34. The number of benzene rings is 2. The molecular formula is C22H29ClN2O3. The van der Waals surface area contributed by atoms with Crippen LogP contribution in [0, 0.1) is 6.92 Å². The van der Waals surface area contributed by atoms with Gasteiger partial charge in [-0.2, -0.15) is 0 Å². The molecule has 152 valence electrons. The van der Waals surface area contributed by atoms with Gasteiger partial charge in [-0.25, -0.2) is 0 Å². The summed E-state index contributed by atoms with van der Waals surface area (Å²) in [6.45, 7) is 8.83. The maximum Gasteiger partial charge on any atom is 0.163 e. The molecule has 0 saturated carbocycles. The Morgan fingerprint density at radius 1 is 1.11 bits per heavy atom. The van der Waals surface area contributed by atoms with Gasteiger partial charge in [0.15, 0.2) is 11.5 Å². The lowest BCUT2D eigenvalue weighted by Gasteiger charge is -2.26. The minimum atomic E-state index is 0.483. The normalized spacial score (nSPS) is 14.8. The summed E-state index contributed by atoms with van der Waals surface area (Å²) < 4.78 is 16.9. The fraction of sp³-hybridized carbons (Fsp3) is 0.455. The van der Waals surface area contributed by atoms with E-state index in [-0.39, 0.29) is 0 Å². The van der Waals surface area contributed by atoms with Crippen LogP contribution in [0.5, 0.6) is 11.5 Å². The lowest BCUT2D eigenvalue weighted by molar-refractivity contribution is 0.0384. The van der Waals surface area contributed by atoms with Crippen LogP contribution in [0.3, 0.4) is 0 Å². The number of hydrogen-bond donors (Lipinski definition) is 1. The van der Waals surface area contributed by atoms with E-state index in [2.05, 4.69) is 29.3 Å². The highest BCUT2D eigenvalue weighted by molar-refractivity contribution is 6.31. The van der Waals surface area contributed by atoms with Gasteiger partial charge >= 0.3 is 0 Å². The largest absolute Gasteiger partial charge is 0.493 e. The molecule has 1 aliphatic heterocycles. The first-order valence-corrected chi connectivity index (χ1v) is 10.1. The minimum absolute atomic E-state index is 0.483. The summed E-state index contributed by atoms with van der Waals surface area (Å²) in [6.07, 6.45) is 0. The minimum Gasteiger partial charge on any atom is -0.493 e. The van der Waals surface area contributed by atoms with Crippen LogP contribution < -0.4 is 14.8 Å². The number of methoxy groups -OCH3 is 1. The van der Waals surface area contributed by atoms with Gasteiger partial charge in [0.05, 0.1) is 20.3 Å². The van der Waals surface area contributed by atoms with Crippen molar-refractivity contribution in [2.75, 3.05) is 46.5 Å². The van der Waals surface area contributed by atoms with Crippen molar-refractivity contribution in [3.05, 3.63) is 58.1 Å². The second-order valence-electron chi connectivity index (χ2n) is 6.94. The van der Waals surface area contributed by atoms with E-state index in [0.717, 1.165) is 50.5 Å². The van der Waals surface area contributed by atoms with Crippen molar-refractivity contribution >= 4 is 11.6 Å². The molecular weight excluding hydrogens is 376 g/mol. The summed E-state index contributed by atoms with van der Waals surface area (Å²) >= 11 is 6.50. The molecule has 1 fully saturated rings. The third-order valence-electron chi connectivity index (χ3n) is 5.00. The maximum absolute atomic E-state index is 6.50. The van der Waals surface area contributed by atoms with Crippen molar-refractivity contribution < 1.29 is 14.2 Å². The van der Waals surface area contributed by atoms with Gasteiger partial charge in [0.1, 0.15) is 6.61 Å². The van der Waals surface area contributed by atoms with Crippen molar-refractivity contribution in [3.8, 4) is 11.5 Å². The van der Waals surface area contributed by atoms with Crippen molar-refractivity contribution in [1.29, 1.82) is 0 Å². The highest BCUT2D eigenvalue weighted by atomic mass is 35.5. The topological polar surface area (TPSA) is 43.0 Å². The second kappa shape index (κ2) is 10.7. The van der Waals surface area contributed by atoms with Crippen LogP contribution in [0.4, 0.5) is 0 Å². The average Bonchev–Trinajstić information content (AvgIpc) is 2.72. The Kier molecular flexibility index (Phi) is 7.98. The van der Waals surface area contributed by atoms with Crippen LogP contribution >= 0.6 is 11.6 Å². The van der Waals surface area contributed by atoms with Gasteiger partial charge < -0.3 is 19.5 Å². The molecule has 1 aliphatic rings. The number of ether oxygens (including phenoxy) is 3. The predicted molar refractivity (Wildman–Crippen MR) is 112 cm³/mol. The molecule has 3 rings (SSSR count). The highest BCUT2D eigenvalue weighted by Gasteiger charge is 2.12. The van der Waals surface area contributed by atoms with E-state index in [0.29, 0.717) is 29.7 Å². The summed E-state index contributed by atoms with van der Waals surface area (Å²) in [4.78, 5) is 2.40. The number of halogens is 1. The van der Waals surface area contributed by atoms with Gasteiger partial charge in [-0.05, 0) is 29.7 Å². The number of morpholine rings is 1. The van der Waals surface area contributed by atoms with Crippen LogP contribution in [-0.4, -0.2) is 51.4 Å². The zero-order chi connectivity index (χ0) is 19.8. The molecule has 2 aromatic rings. The zero-order valence-electron chi connectivity index (χ0n) is 16.7. The van der Waals surface area contributed by atoms with Gasteiger partial charge in [0.2, 0.25) is 0 Å². The molecule has 0 bridgehead atoms. The molecule has 0 atom stereocenters. The van der Waals surface area contributed by atoms with Crippen LogP contribution in [0.2, 0.25) is 5.02 Å². The Labute approximate surface area is 172 Å². The first kappa shape index (κ1) is 20.9. The van der Waals surface area contributed by atoms with Gasteiger partial charge in [-0.15, -0.1) is 0 Å². The van der Waals surface area contributed by atoms with E-state index in [9.17, 15) is 0 Å². The summed E-state index contributed by atoms with van der Waals surface area (Å²) in [5, 5.41) is 4.14. The Bertz CT molecular complexity index is 763. The number of hydrogen-bond acceptors (Lipinski definition) is 5. The second-order valence-corrected chi connectivity index (χ2v) is 7.35. The van der Waals surface area contributed by atoms with Gasteiger partial charge in [0, 0.05) is 43.8 Å². The third-order valence-corrected chi connectivity index (χ3v) is 5.35. The standard InChI is InChI=1S/C22H29ClN2O3/c1-17-5-3-4-6-18(17)16-28-22-14-20(23)19(13-21(22)26-2)15-24-7-8-25-9-11-27-12-10-25/h3-6,13-14,24H,7-12,15-16H2,1-2H3. The number of rotatable bonds is 9. The molecule has 0 aromatic heterocycles. The molecule has 5 nitrogen and oxygen atoms in total. The van der Waals surface area contributed by atoms with Gasteiger partial charge in [0.25, 0.3) is 0 Å². The van der Waals surface area contributed by atoms with Crippen molar-refractivity contribution in [1.82, 2.24) is 10.2 Å². The maximum atomic E-state index is 6.50. The molecule has 1 heterocycles. The average molecular weight is 405 g/mol. The van der Waals surface area contributed by atoms with E-state index < -0.39 is 0 Å². The smallest absolute Gasteiger partial charge is 0.163 e. The lowest BCUT2D eigenvalue weighted by Crippen LogP contribution is -2.40.